The van der Waals surface area contributed by atoms with Crippen molar-refractivity contribution >= 4 is 21.9 Å². The third-order valence-electron chi connectivity index (χ3n) is 2.45. The second-order valence-electron chi connectivity index (χ2n) is 3.73. The van der Waals surface area contributed by atoms with Gasteiger partial charge in [-0.25, -0.2) is 4.79 Å². The summed E-state index contributed by atoms with van der Waals surface area (Å²) in [6.45, 7) is 0. The van der Waals surface area contributed by atoms with E-state index in [0.29, 0.717) is 17.2 Å². The Morgan fingerprint density at radius 2 is 1.79 bits per heavy atom. The molecule has 0 saturated heterocycles. The van der Waals surface area contributed by atoms with Crippen LogP contribution in [0, 0.1) is 0 Å². The van der Waals surface area contributed by atoms with Crippen molar-refractivity contribution in [3.05, 3.63) is 52.5 Å². The minimum Gasteiger partial charge on any atom is -0.493 e. The van der Waals surface area contributed by atoms with Gasteiger partial charge in [0.2, 0.25) is 0 Å². The number of hydrogen-bond donors (Lipinski definition) is 1. The molecule has 1 N–H and O–H groups in total. The van der Waals surface area contributed by atoms with Crippen LogP contribution in [0.15, 0.2) is 46.9 Å². The zero-order chi connectivity index (χ0) is 13.8. The largest absolute Gasteiger partial charge is 0.493 e. The van der Waals surface area contributed by atoms with Gasteiger partial charge in [-0.2, -0.15) is 0 Å². The van der Waals surface area contributed by atoms with Gasteiger partial charge in [0.1, 0.15) is 5.75 Å². The maximum Gasteiger partial charge on any atom is 0.335 e. The molecular weight excluding hydrogens is 312 g/mol. The molecule has 0 fully saturated rings. The minimum atomic E-state index is -1.01. The van der Waals surface area contributed by atoms with E-state index < -0.39 is 5.97 Å². The number of ether oxygens (including phenoxy) is 2. The van der Waals surface area contributed by atoms with Gasteiger partial charge in [0.15, 0.2) is 11.5 Å². The molecule has 0 aliphatic rings. The van der Waals surface area contributed by atoms with Crippen molar-refractivity contribution < 1.29 is 19.4 Å². The van der Waals surface area contributed by atoms with E-state index in [1.807, 2.05) is 12.1 Å². The van der Waals surface area contributed by atoms with Crippen molar-refractivity contribution in [1.29, 1.82) is 0 Å². The number of hydrogen-bond acceptors (Lipinski definition) is 3. The highest BCUT2D eigenvalue weighted by Crippen LogP contribution is 2.32. The second kappa shape index (κ2) is 5.75. The normalized spacial score (nSPS) is 10.0. The van der Waals surface area contributed by atoms with Crippen LogP contribution < -0.4 is 9.47 Å². The Morgan fingerprint density at radius 1 is 1.11 bits per heavy atom. The molecule has 0 radical (unpaired) electrons. The van der Waals surface area contributed by atoms with Crippen LogP contribution in [0.2, 0.25) is 0 Å². The van der Waals surface area contributed by atoms with Crippen LogP contribution in [0.3, 0.4) is 0 Å². The van der Waals surface area contributed by atoms with Crippen LogP contribution in [-0.4, -0.2) is 18.2 Å². The summed E-state index contributed by atoms with van der Waals surface area (Å²) in [4.78, 5) is 10.9. The first-order valence-corrected chi connectivity index (χ1v) is 6.24. The molecule has 0 spiro atoms. The lowest BCUT2D eigenvalue weighted by atomic mass is 10.2. The summed E-state index contributed by atoms with van der Waals surface area (Å²) in [6.07, 6.45) is 0. The smallest absolute Gasteiger partial charge is 0.335 e. The number of carbonyl (C=O) groups is 1. The molecule has 0 aliphatic carbocycles. The highest BCUT2D eigenvalue weighted by molar-refractivity contribution is 9.10. The zero-order valence-electron chi connectivity index (χ0n) is 10.1. The number of benzene rings is 2. The molecule has 2 aromatic rings. The van der Waals surface area contributed by atoms with Crippen LogP contribution >= 0.6 is 15.9 Å². The molecule has 0 aliphatic heterocycles. The van der Waals surface area contributed by atoms with Gasteiger partial charge in [0.25, 0.3) is 0 Å². The quantitative estimate of drug-likeness (QED) is 0.926. The van der Waals surface area contributed by atoms with Gasteiger partial charge in [-0.1, -0.05) is 15.9 Å². The third-order valence-corrected chi connectivity index (χ3v) is 2.98. The number of methoxy groups -OCH3 is 1. The average Bonchev–Trinajstić information content (AvgIpc) is 2.41. The SMILES string of the molecule is COc1cc(C(=O)O)ccc1Oc1ccc(Br)cc1. The summed E-state index contributed by atoms with van der Waals surface area (Å²) in [5, 5.41) is 8.91. The Morgan fingerprint density at radius 3 is 2.37 bits per heavy atom. The Kier molecular flexibility index (Phi) is 4.06. The third kappa shape index (κ3) is 3.26. The molecule has 0 unspecified atom stereocenters. The lowest BCUT2D eigenvalue weighted by molar-refractivity contribution is 0.0696. The van der Waals surface area contributed by atoms with Crippen LogP contribution in [0.4, 0.5) is 0 Å². The molecule has 0 heterocycles. The fourth-order valence-electron chi connectivity index (χ4n) is 1.51. The van der Waals surface area contributed by atoms with Gasteiger partial charge in [-0.15, -0.1) is 0 Å². The molecule has 4 nitrogen and oxygen atoms in total. The minimum absolute atomic E-state index is 0.153. The molecule has 2 rings (SSSR count). The van der Waals surface area contributed by atoms with Crippen LogP contribution in [0.25, 0.3) is 0 Å². The standard InChI is InChI=1S/C14H11BrO4/c1-18-13-8-9(14(16)17)2-7-12(13)19-11-5-3-10(15)4-6-11/h2-8H,1H3,(H,16,17). The fourth-order valence-corrected chi connectivity index (χ4v) is 1.78. The zero-order valence-corrected chi connectivity index (χ0v) is 11.7. The molecular formula is C14H11BrO4. The average molecular weight is 323 g/mol. The van der Waals surface area contributed by atoms with Crippen LogP contribution in [-0.2, 0) is 0 Å². The lowest BCUT2D eigenvalue weighted by Gasteiger charge is -2.10. The van der Waals surface area contributed by atoms with E-state index in [1.54, 1.807) is 18.2 Å². The van der Waals surface area contributed by atoms with E-state index in [0.717, 1.165) is 4.47 Å². The van der Waals surface area contributed by atoms with Gasteiger partial charge in [-0.05, 0) is 42.5 Å². The summed E-state index contributed by atoms with van der Waals surface area (Å²) in [5.41, 5.74) is 0.153. The van der Waals surface area contributed by atoms with Gasteiger partial charge < -0.3 is 14.6 Å². The maximum atomic E-state index is 10.9. The van der Waals surface area contributed by atoms with Gasteiger partial charge >= 0.3 is 5.97 Å². The van der Waals surface area contributed by atoms with Crippen molar-refractivity contribution in [1.82, 2.24) is 0 Å². The first-order valence-electron chi connectivity index (χ1n) is 5.45. The van der Waals surface area contributed by atoms with Crippen molar-refractivity contribution in [2.45, 2.75) is 0 Å². The summed E-state index contributed by atoms with van der Waals surface area (Å²) < 4.78 is 11.7. The van der Waals surface area contributed by atoms with Crippen LogP contribution in [0.5, 0.6) is 17.2 Å². The van der Waals surface area contributed by atoms with E-state index in [-0.39, 0.29) is 5.56 Å². The van der Waals surface area contributed by atoms with Gasteiger partial charge in [0, 0.05) is 4.47 Å². The molecule has 0 saturated carbocycles. The number of carboxylic acids is 1. The number of aromatic carboxylic acids is 1. The Hall–Kier alpha value is -2.01. The maximum absolute atomic E-state index is 10.9. The van der Waals surface area contributed by atoms with Crippen molar-refractivity contribution in [3.8, 4) is 17.2 Å². The molecule has 0 bridgehead atoms. The van der Waals surface area contributed by atoms with E-state index in [4.69, 9.17) is 14.6 Å². The monoisotopic (exact) mass is 322 g/mol. The summed E-state index contributed by atoms with van der Waals surface area (Å²) in [6, 6.07) is 11.8. The highest BCUT2D eigenvalue weighted by atomic mass is 79.9. The Bertz CT molecular complexity index is 593. The predicted molar refractivity (Wildman–Crippen MR) is 74.2 cm³/mol. The molecule has 0 atom stereocenters. The van der Waals surface area contributed by atoms with E-state index >= 15 is 0 Å². The van der Waals surface area contributed by atoms with Crippen molar-refractivity contribution in [2.24, 2.45) is 0 Å². The predicted octanol–water partition coefficient (Wildman–Crippen LogP) is 3.95. The molecule has 98 valence electrons. The first-order chi connectivity index (χ1) is 9.10. The first kappa shape index (κ1) is 13.4. The second-order valence-corrected chi connectivity index (χ2v) is 4.64. The van der Waals surface area contributed by atoms with Crippen molar-refractivity contribution in [2.75, 3.05) is 7.11 Å². The number of carboxylic acid groups (broad SMARTS) is 1. The van der Waals surface area contributed by atoms with Crippen LogP contribution in [0.1, 0.15) is 10.4 Å². The lowest BCUT2D eigenvalue weighted by Crippen LogP contribution is -1.98. The molecule has 5 heteroatoms. The summed E-state index contributed by atoms with van der Waals surface area (Å²) in [5.74, 6) is 0.482. The summed E-state index contributed by atoms with van der Waals surface area (Å²) >= 11 is 3.34. The Labute approximate surface area is 118 Å². The molecule has 0 aromatic heterocycles. The fraction of sp³-hybridized carbons (Fsp3) is 0.0714. The van der Waals surface area contributed by atoms with Gasteiger partial charge in [-0.3, -0.25) is 0 Å². The number of rotatable bonds is 4. The topological polar surface area (TPSA) is 55.8 Å². The van der Waals surface area contributed by atoms with Gasteiger partial charge in [0.05, 0.1) is 12.7 Å². The number of halogens is 1. The highest BCUT2D eigenvalue weighted by Gasteiger charge is 2.10. The molecule has 0 amide bonds. The van der Waals surface area contributed by atoms with E-state index in [2.05, 4.69) is 15.9 Å². The van der Waals surface area contributed by atoms with Crippen molar-refractivity contribution in [3.63, 3.8) is 0 Å². The molecule has 2 aromatic carbocycles. The van der Waals surface area contributed by atoms with E-state index in [1.165, 1.54) is 19.2 Å². The summed E-state index contributed by atoms with van der Waals surface area (Å²) in [7, 11) is 1.47. The van der Waals surface area contributed by atoms with E-state index in [9.17, 15) is 4.79 Å². The molecule has 19 heavy (non-hydrogen) atoms. The Balaban J connectivity index is 2.29.